The zero-order valence-electron chi connectivity index (χ0n) is 18.3. The minimum absolute atomic E-state index is 0.109. The minimum atomic E-state index is -0.109. The summed E-state index contributed by atoms with van der Waals surface area (Å²) in [5, 5.41) is 7.55. The van der Waals surface area contributed by atoms with Gasteiger partial charge in [-0.1, -0.05) is 30.3 Å². The highest BCUT2D eigenvalue weighted by Crippen LogP contribution is 2.19. The van der Waals surface area contributed by atoms with E-state index in [4.69, 9.17) is 4.42 Å². The third-order valence-electron chi connectivity index (χ3n) is 5.66. The number of nitrogens with one attached hydrogen (secondary N) is 1. The van der Waals surface area contributed by atoms with Crippen LogP contribution in [0.25, 0.3) is 11.1 Å². The third-order valence-corrected chi connectivity index (χ3v) is 5.66. The standard InChI is InChI=1S/C25H28N4O2/c1-4-29-18(3)21(17(2)28-29)14-15-26-25(30)20-11-12-22-23(16-20)31-24(27-22)13-10-19-8-6-5-7-9-19/h5-9,11-12,16H,4,10,13-15H2,1-3H3,(H,26,30). The molecule has 1 N–H and O–H groups in total. The maximum Gasteiger partial charge on any atom is 0.251 e. The van der Waals surface area contributed by atoms with Gasteiger partial charge in [-0.05, 0) is 62.9 Å². The molecule has 0 aliphatic carbocycles. The van der Waals surface area contributed by atoms with Crippen molar-refractivity contribution < 1.29 is 9.21 Å². The third kappa shape index (κ3) is 4.68. The van der Waals surface area contributed by atoms with Gasteiger partial charge in [-0.25, -0.2) is 4.98 Å². The van der Waals surface area contributed by atoms with E-state index in [2.05, 4.69) is 41.4 Å². The molecular weight excluding hydrogens is 388 g/mol. The van der Waals surface area contributed by atoms with E-state index in [9.17, 15) is 4.79 Å². The lowest BCUT2D eigenvalue weighted by molar-refractivity contribution is 0.0954. The molecule has 0 aliphatic rings. The Labute approximate surface area is 182 Å². The van der Waals surface area contributed by atoms with Crippen LogP contribution in [0.3, 0.4) is 0 Å². The number of benzene rings is 2. The maximum absolute atomic E-state index is 12.6. The fourth-order valence-electron chi connectivity index (χ4n) is 3.92. The molecule has 6 nitrogen and oxygen atoms in total. The zero-order chi connectivity index (χ0) is 21.8. The first-order valence-corrected chi connectivity index (χ1v) is 10.8. The molecule has 0 aliphatic heterocycles. The Bertz CT molecular complexity index is 1190. The molecule has 0 radical (unpaired) electrons. The molecule has 6 heteroatoms. The number of hydrogen-bond donors (Lipinski definition) is 1. The van der Waals surface area contributed by atoms with E-state index in [1.165, 1.54) is 16.8 Å². The number of hydrogen-bond acceptors (Lipinski definition) is 4. The molecule has 0 unspecified atom stereocenters. The number of aromatic nitrogens is 3. The summed E-state index contributed by atoms with van der Waals surface area (Å²) in [5.41, 5.74) is 6.65. The average Bonchev–Trinajstić information content (AvgIpc) is 3.32. The molecule has 31 heavy (non-hydrogen) atoms. The first-order valence-electron chi connectivity index (χ1n) is 10.8. The Kier molecular flexibility index (Phi) is 6.16. The van der Waals surface area contributed by atoms with E-state index in [-0.39, 0.29) is 5.91 Å². The van der Waals surface area contributed by atoms with Crippen molar-refractivity contribution >= 4 is 17.0 Å². The SMILES string of the molecule is CCn1nc(C)c(CCNC(=O)c2ccc3nc(CCc4ccccc4)oc3c2)c1C. The van der Waals surface area contributed by atoms with Crippen LogP contribution in [0.15, 0.2) is 52.9 Å². The lowest BCUT2D eigenvalue weighted by Crippen LogP contribution is -2.25. The summed E-state index contributed by atoms with van der Waals surface area (Å²) in [6, 6.07) is 15.7. The summed E-state index contributed by atoms with van der Waals surface area (Å²) in [5.74, 6) is 0.581. The Morgan fingerprint density at radius 2 is 1.87 bits per heavy atom. The summed E-state index contributed by atoms with van der Waals surface area (Å²) in [4.78, 5) is 17.2. The van der Waals surface area contributed by atoms with Crippen molar-refractivity contribution in [1.82, 2.24) is 20.1 Å². The predicted octanol–water partition coefficient (Wildman–Crippen LogP) is 4.42. The highest BCUT2D eigenvalue weighted by atomic mass is 16.3. The van der Waals surface area contributed by atoms with Gasteiger partial charge in [0.15, 0.2) is 11.5 Å². The van der Waals surface area contributed by atoms with E-state index in [0.717, 1.165) is 37.0 Å². The van der Waals surface area contributed by atoms with Gasteiger partial charge in [-0.3, -0.25) is 9.48 Å². The lowest BCUT2D eigenvalue weighted by Gasteiger charge is -2.06. The molecule has 2 heterocycles. The van der Waals surface area contributed by atoms with Crippen LogP contribution in [0, 0.1) is 13.8 Å². The molecular formula is C25H28N4O2. The van der Waals surface area contributed by atoms with Crippen LogP contribution in [0.4, 0.5) is 0 Å². The lowest BCUT2D eigenvalue weighted by atomic mass is 10.1. The van der Waals surface area contributed by atoms with Crippen LogP contribution in [-0.2, 0) is 25.8 Å². The topological polar surface area (TPSA) is 73.0 Å². The van der Waals surface area contributed by atoms with Crippen LogP contribution in [-0.4, -0.2) is 27.2 Å². The van der Waals surface area contributed by atoms with Crippen molar-refractivity contribution in [2.75, 3.05) is 6.54 Å². The zero-order valence-corrected chi connectivity index (χ0v) is 18.3. The molecule has 160 valence electrons. The molecule has 1 amide bonds. The quantitative estimate of drug-likeness (QED) is 0.461. The van der Waals surface area contributed by atoms with Crippen molar-refractivity contribution in [3.05, 3.63) is 82.5 Å². The van der Waals surface area contributed by atoms with Crippen LogP contribution in [0.5, 0.6) is 0 Å². The molecule has 0 fully saturated rings. The van der Waals surface area contributed by atoms with Gasteiger partial charge in [-0.15, -0.1) is 0 Å². The van der Waals surface area contributed by atoms with Gasteiger partial charge in [0.1, 0.15) is 5.52 Å². The second-order valence-electron chi connectivity index (χ2n) is 7.75. The first kappa shape index (κ1) is 20.8. The molecule has 0 saturated heterocycles. The van der Waals surface area contributed by atoms with Crippen molar-refractivity contribution in [3.63, 3.8) is 0 Å². The van der Waals surface area contributed by atoms with E-state index in [0.29, 0.717) is 23.6 Å². The Balaban J connectivity index is 1.37. The van der Waals surface area contributed by atoms with Gasteiger partial charge >= 0.3 is 0 Å². The smallest absolute Gasteiger partial charge is 0.251 e. The minimum Gasteiger partial charge on any atom is -0.441 e. The van der Waals surface area contributed by atoms with E-state index >= 15 is 0 Å². The average molecular weight is 417 g/mol. The largest absolute Gasteiger partial charge is 0.441 e. The van der Waals surface area contributed by atoms with E-state index in [1.54, 1.807) is 12.1 Å². The molecule has 2 aromatic carbocycles. The van der Waals surface area contributed by atoms with Gasteiger partial charge in [0.2, 0.25) is 0 Å². The normalized spacial score (nSPS) is 11.2. The van der Waals surface area contributed by atoms with Crippen molar-refractivity contribution in [1.29, 1.82) is 0 Å². The molecule has 0 spiro atoms. The molecule has 0 atom stereocenters. The summed E-state index contributed by atoms with van der Waals surface area (Å²) < 4.78 is 7.90. The van der Waals surface area contributed by atoms with Crippen LogP contribution < -0.4 is 5.32 Å². The molecule has 0 saturated carbocycles. The van der Waals surface area contributed by atoms with Crippen LogP contribution in [0.2, 0.25) is 0 Å². The fourth-order valence-corrected chi connectivity index (χ4v) is 3.92. The Morgan fingerprint density at radius 3 is 2.61 bits per heavy atom. The summed E-state index contributed by atoms with van der Waals surface area (Å²) in [6.07, 6.45) is 2.36. The number of carbonyl (C=O) groups excluding carboxylic acids is 1. The number of carbonyl (C=O) groups is 1. The van der Waals surface area contributed by atoms with Crippen LogP contribution in [0.1, 0.15) is 45.7 Å². The summed E-state index contributed by atoms with van der Waals surface area (Å²) in [6.45, 7) is 7.59. The number of rotatable bonds is 8. The Hall–Kier alpha value is -3.41. The van der Waals surface area contributed by atoms with Gasteiger partial charge in [0, 0.05) is 30.8 Å². The second kappa shape index (κ2) is 9.16. The highest BCUT2D eigenvalue weighted by molar-refractivity contribution is 5.97. The molecule has 0 bridgehead atoms. The maximum atomic E-state index is 12.6. The number of fused-ring (bicyclic) bond motifs is 1. The molecule has 4 aromatic rings. The van der Waals surface area contributed by atoms with Crippen LogP contribution >= 0.6 is 0 Å². The van der Waals surface area contributed by atoms with Gasteiger partial charge < -0.3 is 9.73 Å². The van der Waals surface area contributed by atoms with Crippen molar-refractivity contribution in [2.45, 2.75) is 46.6 Å². The summed E-state index contributed by atoms with van der Waals surface area (Å²) >= 11 is 0. The molecule has 4 rings (SSSR count). The van der Waals surface area contributed by atoms with Gasteiger partial charge in [0.25, 0.3) is 5.91 Å². The van der Waals surface area contributed by atoms with E-state index in [1.807, 2.05) is 35.9 Å². The predicted molar refractivity (Wildman–Crippen MR) is 121 cm³/mol. The van der Waals surface area contributed by atoms with Crippen molar-refractivity contribution in [3.8, 4) is 0 Å². The highest BCUT2D eigenvalue weighted by Gasteiger charge is 2.13. The first-order chi connectivity index (χ1) is 15.0. The number of aryl methyl sites for hydroxylation is 4. The van der Waals surface area contributed by atoms with Gasteiger partial charge in [0.05, 0.1) is 5.69 Å². The monoisotopic (exact) mass is 416 g/mol. The fraction of sp³-hybridized carbons (Fsp3) is 0.320. The number of amides is 1. The second-order valence-corrected chi connectivity index (χ2v) is 7.75. The van der Waals surface area contributed by atoms with Gasteiger partial charge in [-0.2, -0.15) is 5.10 Å². The van der Waals surface area contributed by atoms with E-state index < -0.39 is 0 Å². The number of nitrogens with zero attached hydrogens (tertiary/aromatic N) is 3. The van der Waals surface area contributed by atoms with Crippen molar-refractivity contribution in [2.24, 2.45) is 0 Å². The summed E-state index contributed by atoms with van der Waals surface area (Å²) in [7, 11) is 0. The Morgan fingerprint density at radius 1 is 1.06 bits per heavy atom. The number of oxazole rings is 1. The molecule has 2 aromatic heterocycles.